The first kappa shape index (κ1) is 29.3. The highest BCUT2D eigenvalue weighted by atomic mass is 16.5. The molecule has 1 aromatic heterocycles. The van der Waals surface area contributed by atoms with Gasteiger partial charge < -0.3 is 14.8 Å². The van der Waals surface area contributed by atoms with Crippen LogP contribution in [0.3, 0.4) is 0 Å². The summed E-state index contributed by atoms with van der Waals surface area (Å²) in [5.41, 5.74) is 3.44. The number of esters is 1. The summed E-state index contributed by atoms with van der Waals surface area (Å²) in [6.07, 6.45) is 5.91. The molecule has 1 aliphatic carbocycles. The molecule has 0 spiro atoms. The van der Waals surface area contributed by atoms with E-state index in [1.807, 2.05) is 60.7 Å². The number of amides is 1. The van der Waals surface area contributed by atoms with Crippen LogP contribution in [0, 0.1) is 5.92 Å². The highest BCUT2D eigenvalue weighted by Gasteiger charge is 2.25. The number of aromatic nitrogens is 1. The predicted molar refractivity (Wildman–Crippen MR) is 166 cm³/mol. The number of hydrogen-bond acceptors (Lipinski definition) is 5. The molecule has 0 bridgehead atoms. The lowest BCUT2D eigenvalue weighted by Crippen LogP contribution is -2.43. The molecule has 42 heavy (non-hydrogen) atoms. The second-order valence-corrected chi connectivity index (χ2v) is 12.3. The molecule has 1 heterocycles. The maximum atomic E-state index is 13.5. The van der Waals surface area contributed by atoms with Gasteiger partial charge in [-0.05, 0) is 64.6 Å². The van der Waals surface area contributed by atoms with Crippen molar-refractivity contribution in [2.45, 2.75) is 70.8 Å². The third-order valence-corrected chi connectivity index (χ3v) is 8.10. The van der Waals surface area contributed by atoms with E-state index in [9.17, 15) is 9.59 Å². The first-order valence-electron chi connectivity index (χ1n) is 14.8. The van der Waals surface area contributed by atoms with Crippen molar-refractivity contribution < 1.29 is 19.1 Å². The average Bonchev–Trinajstić information content (AvgIpc) is 3.50. The van der Waals surface area contributed by atoms with Crippen LogP contribution in [0.2, 0.25) is 0 Å². The minimum atomic E-state index is -0.818. The minimum absolute atomic E-state index is 0.0741. The molecule has 1 aliphatic rings. The molecule has 1 amide bonds. The van der Waals surface area contributed by atoms with Crippen LogP contribution in [0.15, 0.2) is 78.9 Å². The summed E-state index contributed by atoms with van der Waals surface area (Å²) in [4.78, 5) is 31.0. The summed E-state index contributed by atoms with van der Waals surface area (Å²) in [6, 6.07) is 24.7. The molecule has 218 valence electrons. The lowest BCUT2D eigenvalue weighted by atomic mass is 9.87. The zero-order valence-electron chi connectivity index (χ0n) is 25.0. The van der Waals surface area contributed by atoms with Crippen molar-refractivity contribution in [1.29, 1.82) is 0 Å². The molecule has 6 heteroatoms. The van der Waals surface area contributed by atoms with E-state index < -0.39 is 17.9 Å². The summed E-state index contributed by atoms with van der Waals surface area (Å²) in [6.45, 7) is 6.58. The third-order valence-electron chi connectivity index (χ3n) is 8.10. The van der Waals surface area contributed by atoms with Gasteiger partial charge in [0.1, 0.15) is 23.2 Å². The lowest BCUT2D eigenvalue weighted by Gasteiger charge is -2.19. The van der Waals surface area contributed by atoms with Crippen LogP contribution in [0.25, 0.3) is 10.8 Å². The second-order valence-electron chi connectivity index (χ2n) is 12.3. The van der Waals surface area contributed by atoms with Gasteiger partial charge in [0.15, 0.2) is 0 Å². The van der Waals surface area contributed by atoms with Crippen LogP contribution in [0.5, 0.6) is 11.5 Å². The standard InChI is InChI=1S/C36H40N2O4/c1-36(2,3)27-15-18-28(19-16-27)42-29-17-14-26-22-32(37-31(30(26)23-29)20-24-12-8-9-13-24)34(39)38-33(35(40)41-4)21-25-10-6-5-7-11-25/h5-7,10-11,14-19,22-24,33H,8-9,12-13,20-21H2,1-4H3,(H,38,39). The Balaban J connectivity index is 1.43. The molecule has 4 aromatic rings. The van der Waals surface area contributed by atoms with Crippen molar-refractivity contribution in [3.05, 3.63) is 101 Å². The molecule has 0 aliphatic heterocycles. The summed E-state index contributed by atoms with van der Waals surface area (Å²) in [7, 11) is 1.33. The number of carbonyl (C=O) groups excluding carboxylic acids is 2. The van der Waals surface area contributed by atoms with Gasteiger partial charge in [-0.1, -0.05) is 95.0 Å². The van der Waals surface area contributed by atoms with Crippen molar-refractivity contribution in [1.82, 2.24) is 10.3 Å². The van der Waals surface area contributed by atoms with E-state index in [1.165, 1.54) is 25.5 Å². The van der Waals surface area contributed by atoms with Gasteiger partial charge in [0, 0.05) is 17.5 Å². The molecule has 6 nitrogen and oxygen atoms in total. The maximum Gasteiger partial charge on any atom is 0.328 e. The Labute approximate surface area is 248 Å². The maximum absolute atomic E-state index is 13.5. The Hall–Kier alpha value is -4.19. The van der Waals surface area contributed by atoms with Crippen molar-refractivity contribution in [3.8, 4) is 11.5 Å². The van der Waals surface area contributed by atoms with Gasteiger partial charge in [-0.15, -0.1) is 0 Å². The Kier molecular flexibility index (Phi) is 8.91. The number of methoxy groups -OCH3 is 1. The van der Waals surface area contributed by atoms with E-state index >= 15 is 0 Å². The summed E-state index contributed by atoms with van der Waals surface area (Å²) >= 11 is 0. The van der Waals surface area contributed by atoms with Gasteiger partial charge in [0.2, 0.25) is 0 Å². The third kappa shape index (κ3) is 7.17. The summed E-state index contributed by atoms with van der Waals surface area (Å²) in [5.74, 6) is 1.16. The smallest absolute Gasteiger partial charge is 0.328 e. The van der Waals surface area contributed by atoms with Crippen molar-refractivity contribution >= 4 is 22.6 Å². The van der Waals surface area contributed by atoms with Crippen LogP contribution in [0.1, 0.15) is 73.8 Å². The van der Waals surface area contributed by atoms with E-state index in [0.29, 0.717) is 18.0 Å². The monoisotopic (exact) mass is 564 g/mol. The molecular weight excluding hydrogens is 524 g/mol. The number of rotatable bonds is 9. The molecule has 3 aromatic carbocycles. The molecule has 1 saturated carbocycles. The van der Waals surface area contributed by atoms with Crippen LogP contribution in [-0.2, 0) is 27.8 Å². The largest absolute Gasteiger partial charge is 0.467 e. The first-order chi connectivity index (χ1) is 20.2. The van der Waals surface area contributed by atoms with E-state index in [-0.39, 0.29) is 5.41 Å². The van der Waals surface area contributed by atoms with E-state index in [1.54, 1.807) is 6.07 Å². The van der Waals surface area contributed by atoms with Gasteiger partial charge in [-0.3, -0.25) is 4.79 Å². The van der Waals surface area contributed by atoms with Gasteiger partial charge >= 0.3 is 5.97 Å². The van der Waals surface area contributed by atoms with E-state index in [0.717, 1.165) is 52.8 Å². The number of fused-ring (bicyclic) bond motifs is 1. The summed E-state index contributed by atoms with van der Waals surface area (Å²) < 4.78 is 11.2. The molecule has 0 saturated heterocycles. The number of pyridine rings is 1. The van der Waals surface area contributed by atoms with Crippen LogP contribution >= 0.6 is 0 Å². The van der Waals surface area contributed by atoms with Crippen LogP contribution in [0.4, 0.5) is 0 Å². The molecule has 1 N–H and O–H groups in total. The number of carbonyl (C=O) groups is 2. The fraction of sp³-hybridized carbons (Fsp3) is 0.361. The van der Waals surface area contributed by atoms with E-state index in [2.05, 4.69) is 38.2 Å². The average molecular weight is 565 g/mol. The second kappa shape index (κ2) is 12.8. The number of nitrogens with zero attached hydrogens (tertiary/aromatic N) is 1. The highest BCUT2D eigenvalue weighted by molar-refractivity contribution is 5.99. The molecule has 5 rings (SSSR count). The van der Waals surface area contributed by atoms with Crippen molar-refractivity contribution in [2.24, 2.45) is 5.92 Å². The van der Waals surface area contributed by atoms with Crippen LogP contribution < -0.4 is 10.1 Å². The summed E-state index contributed by atoms with van der Waals surface area (Å²) in [5, 5.41) is 4.77. The Morgan fingerprint density at radius 3 is 2.29 bits per heavy atom. The number of benzene rings is 3. The minimum Gasteiger partial charge on any atom is -0.467 e. The Morgan fingerprint density at radius 2 is 1.62 bits per heavy atom. The topological polar surface area (TPSA) is 77.5 Å². The fourth-order valence-electron chi connectivity index (χ4n) is 5.70. The van der Waals surface area contributed by atoms with Gasteiger partial charge in [-0.2, -0.15) is 0 Å². The Bertz CT molecular complexity index is 1530. The highest BCUT2D eigenvalue weighted by Crippen LogP contribution is 2.33. The number of hydrogen-bond donors (Lipinski definition) is 1. The predicted octanol–water partition coefficient (Wildman–Crippen LogP) is 7.57. The van der Waals surface area contributed by atoms with Gasteiger partial charge in [0.25, 0.3) is 5.91 Å². The lowest BCUT2D eigenvalue weighted by molar-refractivity contribution is -0.142. The van der Waals surface area contributed by atoms with Crippen molar-refractivity contribution in [3.63, 3.8) is 0 Å². The molecular formula is C36H40N2O4. The van der Waals surface area contributed by atoms with Crippen LogP contribution in [-0.4, -0.2) is 30.0 Å². The fourth-order valence-corrected chi connectivity index (χ4v) is 5.70. The van der Waals surface area contributed by atoms with Gasteiger partial charge in [0.05, 0.1) is 7.11 Å². The van der Waals surface area contributed by atoms with E-state index in [4.69, 9.17) is 14.5 Å². The quantitative estimate of drug-likeness (QED) is 0.212. The zero-order chi connectivity index (χ0) is 29.7. The first-order valence-corrected chi connectivity index (χ1v) is 14.8. The SMILES string of the molecule is COC(=O)C(Cc1ccccc1)NC(=O)c1cc2ccc(Oc3ccc(C(C)(C)C)cc3)cc2c(CC2CCCC2)n1. The number of ether oxygens (including phenoxy) is 2. The Morgan fingerprint density at radius 1 is 0.929 bits per heavy atom. The molecule has 1 unspecified atom stereocenters. The normalized spacial score (nSPS) is 14.5. The van der Waals surface area contributed by atoms with Crippen molar-refractivity contribution in [2.75, 3.05) is 7.11 Å². The molecule has 1 fully saturated rings. The zero-order valence-corrected chi connectivity index (χ0v) is 25.0. The molecule has 1 atom stereocenters. The van der Waals surface area contributed by atoms with Gasteiger partial charge in [-0.25, -0.2) is 9.78 Å². The number of nitrogens with one attached hydrogen (secondary N) is 1. The molecule has 0 radical (unpaired) electrons.